The minimum absolute atomic E-state index is 0.0123. The van der Waals surface area contributed by atoms with Gasteiger partial charge in [0.1, 0.15) is 6.10 Å². The summed E-state index contributed by atoms with van der Waals surface area (Å²) in [6.45, 7) is 21.5. The highest BCUT2D eigenvalue weighted by molar-refractivity contribution is 5.33. The molecule has 2 spiro atoms. The van der Waals surface area contributed by atoms with E-state index >= 15 is 0 Å². The lowest BCUT2D eigenvalue weighted by molar-refractivity contribution is -0.249. The van der Waals surface area contributed by atoms with Crippen molar-refractivity contribution in [3.8, 4) is 0 Å². The normalized spacial score (nSPS) is 52.1. The Kier molecular flexibility index (Phi) is 8.42. The summed E-state index contributed by atoms with van der Waals surface area (Å²) >= 11 is 0. The highest BCUT2D eigenvalue weighted by Gasteiger charge is 2.84. The van der Waals surface area contributed by atoms with Crippen LogP contribution in [0.25, 0.3) is 0 Å². The van der Waals surface area contributed by atoms with Gasteiger partial charge in [-0.05, 0) is 117 Å². The van der Waals surface area contributed by atoms with Crippen molar-refractivity contribution < 1.29 is 34.3 Å². The number of β-amino-alcohol motifs (C(OH)–C–C–N with tert-alkyl or cyclic N) is 1. The van der Waals surface area contributed by atoms with Crippen molar-refractivity contribution in [2.24, 2.45) is 50.7 Å². The van der Waals surface area contributed by atoms with Crippen LogP contribution < -0.4 is 0 Å². The minimum Gasteiger partial charge on any atom is -0.395 e. The van der Waals surface area contributed by atoms with Gasteiger partial charge in [-0.1, -0.05) is 34.6 Å². The van der Waals surface area contributed by atoms with Gasteiger partial charge >= 0.3 is 0 Å². The lowest BCUT2D eigenvalue weighted by Gasteiger charge is -2.64. The third kappa shape index (κ3) is 4.59. The highest BCUT2D eigenvalue weighted by atomic mass is 16.7. The van der Waals surface area contributed by atoms with Gasteiger partial charge in [0.2, 0.25) is 0 Å². The molecule has 7 aliphatic rings. The topological polar surface area (TPSA) is 101 Å². The summed E-state index contributed by atoms with van der Waals surface area (Å²) in [6, 6.07) is 0. The first-order valence-corrected chi connectivity index (χ1v) is 18.9. The number of nitrogens with zero attached hydrogens (tertiary/aromatic N) is 1. The molecule has 0 radical (unpaired) electrons. The fourth-order valence-electron chi connectivity index (χ4n) is 14.0. The summed E-state index contributed by atoms with van der Waals surface area (Å²) in [5, 5.41) is 33.1. The van der Waals surface area contributed by atoms with Crippen LogP contribution >= 0.6 is 0 Å². The number of morpholine rings is 1. The Morgan fingerprint density at radius 2 is 1.74 bits per heavy atom. The SMILES string of the molecule is CCO[C@@H]([C@H]1C[C@@H](C)[C@H]2[C@H](O1)[C@H](O)[C@@]1(C)[C@@H]3CC[C@H]4C(C)(C)[C@@H](O[C@H]5CN(CCO)CCO5)CCC45C[C@@]35CC[C@]21C)C(C)(C)O. The highest BCUT2D eigenvalue weighted by Crippen LogP contribution is 2.89. The summed E-state index contributed by atoms with van der Waals surface area (Å²) in [7, 11) is 0. The number of hydrogen-bond donors (Lipinski definition) is 3. The van der Waals surface area contributed by atoms with E-state index in [2.05, 4.69) is 39.5 Å². The lowest BCUT2D eigenvalue weighted by atomic mass is 9.41. The third-order valence-electron chi connectivity index (χ3n) is 16.0. The molecule has 2 heterocycles. The largest absolute Gasteiger partial charge is 0.395 e. The first-order chi connectivity index (χ1) is 21.6. The molecule has 2 saturated heterocycles. The number of aliphatic hydroxyl groups excluding tert-OH is 2. The second kappa shape index (κ2) is 11.3. The van der Waals surface area contributed by atoms with Gasteiger partial charge in [-0.25, -0.2) is 0 Å². The summed E-state index contributed by atoms with van der Waals surface area (Å²) in [5.41, 5.74) is -0.532. The number of fused-ring (bicyclic) bond motifs is 4. The molecule has 2 aliphatic heterocycles. The van der Waals surface area contributed by atoms with Crippen LogP contribution in [0, 0.1) is 50.7 Å². The van der Waals surface area contributed by atoms with E-state index in [1.54, 1.807) is 0 Å². The van der Waals surface area contributed by atoms with E-state index in [0.29, 0.717) is 54.3 Å². The van der Waals surface area contributed by atoms with E-state index in [0.717, 1.165) is 32.4 Å². The molecule has 0 bridgehead atoms. The molecule has 5 aliphatic carbocycles. The van der Waals surface area contributed by atoms with Crippen LogP contribution in [-0.4, -0.2) is 102 Å². The number of ether oxygens (including phenoxy) is 4. The molecule has 264 valence electrons. The van der Waals surface area contributed by atoms with Crippen LogP contribution in [0.2, 0.25) is 0 Å². The standard InChI is InChI=1S/C38H65NO7/c1-9-43-32(34(5,6)42)24-20-23(2)29-30(45-24)31(41)36(8)26-11-10-25-33(3,4)27(46-28-21-39(16-18-40)17-19-44-28)12-13-37(25)22-38(26,37)15-14-35(29,36)7/h23-32,40-42H,9-22H2,1-8H3/t23-,24-,25+,26+,27+,28+,29+,30+,31+,32+,35-,36-,37?,38+/m1/s1. The average Bonchev–Trinajstić information content (AvgIpc) is 3.62. The summed E-state index contributed by atoms with van der Waals surface area (Å²) in [4.78, 5) is 2.26. The monoisotopic (exact) mass is 647 g/mol. The van der Waals surface area contributed by atoms with Gasteiger partial charge < -0.3 is 34.3 Å². The number of rotatable bonds is 8. The molecule has 8 heteroatoms. The zero-order valence-corrected chi connectivity index (χ0v) is 30.1. The van der Waals surface area contributed by atoms with Crippen LogP contribution in [0.5, 0.6) is 0 Å². The zero-order valence-electron chi connectivity index (χ0n) is 30.1. The number of hydrogen-bond acceptors (Lipinski definition) is 8. The lowest BCUT2D eigenvalue weighted by Crippen LogP contribution is -2.60. The minimum atomic E-state index is -1.02. The van der Waals surface area contributed by atoms with Gasteiger partial charge in [-0.2, -0.15) is 0 Å². The van der Waals surface area contributed by atoms with E-state index < -0.39 is 17.8 Å². The van der Waals surface area contributed by atoms with Crippen molar-refractivity contribution in [1.82, 2.24) is 4.90 Å². The first kappa shape index (κ1) is 34.1. The predicted molar refractivity (Wildman–Crippen MR) is 176 cm³/mol. The van der Waals surface area contributed by atoms with Crippen LogP contribution in [0.15, 0.2) is 0 Å². The Balaban J connectivity index is 1.13. The van der Waals surface area contributed by atoms with Crippen molar-refractivity contribution in [3.05, 3.63) is 0 Å². The Morgan fingerprint density at radius 1 is 1.02 bits per heavy atom. The van der Waals surface area contributed by atoms with Crippen LogP contribution in [0.4, 0.5) is 0 Å². The molecule has 46 heavy (non-hydrogen) atoms. The maximum atomic E-state index is 12.6. The molecule has 0 aromatic heterocycles. The van der Waals surface area contributed by atoms with Gasteiger partial charge in [0.25, 0.3) is 0 Å². The van der Waals surface area contributed by atoms with Gasteiger partial charge in [0.15, 0.2) is 6.29 Å². The second-order valence-electron chi connectivity index (χ2n) is 18.5. The predicted octanol–water partition coefficient (Wildman–Crippen LogP) is 5.01. The van der Waals surface area contributed by atoms with Crippen molar-refractivity contribution >= 4 is 0 Å². The first-order valence-electron chi connectivity index (χ1n) is 18.9. The number of aliphatic hydroxyl groups is 3. The Hall–Kier alpha value is -0.320. The Bertz CT molecular complexity index is 1140. The van der Waals surface area contributed by atoms with Crippen LogP contribution in [-0.2, 0) is 18.9 Å². The fourth-order valence-corrected chi connectivity index (χ4v) is 14.0. The summed E-state index contributed by atoms with van der Waals surface area (Å²) < 4.78 is 26.0. The molecule has 7 fully saturated rings. The summed E-state index contributed by atoms with van der Waals surface area (Å²) in [5.74, 6) is 1.79. The van der Waals surface area contributed by atoms with Gasteiger partial charge in [-0.15, -0.1) is 0 Å². The Morgan fingerprint density at radius 3 is 2.43 bits per heavy atom. The molecule has 3 N–H and O–H groups in total. The second-order valence-corrected chi connectivity index (χ2v) is 18.5. The molecular formula is C38H65NO7. The van der Waals surface area contributed by atoms with E-state index in [9.17, 15) is 15.3 Å². The molecule has 7 rings (SSSR count). The fraction of sp³-hybridized carbons (Fsp3) is 1.00. The molecule has 5 saturated carbocycles. The Labute approximate surface area is 278 Å². The quantitative estimate of drug-likeness (QED) is 0.338. The van der Waals surface area contributed by atoms with Gasteiger partial charge in [0.05, 0.1) is 43.2 Å². The molecular weight excluding hydrogens is 582 g/mol. The third-order valence-corrected chi connectivity index (χ3v) is 16.0. The molecule has 8 nitrogen and oxygen atoms in total. The average molecular weight is 648 g/mol. The van der Waals surface area contributed by atoms with Crippen LogP contribution in [0.1, 0.15) is 107 Å². The van der Waals surface area contributed by atoms with Crippen LogP contribution in [0.3, 0.4) is 0 Å². The maximum absolute atomic E-state index is 12.6. The van der Waals surface area contributed by atoms with E-state index in [-0.39, 0.29) is 47.5 Å². The van der Waals surface area contributed by atoms with Crippen molar-refractivity contribution in [1.29, 1.82) is 0 Å². The smallest absolute Gasteiger partial charge is 0.170 e. The van der Waals surface area contributed by atoms with E-state index in [1.807, 2.05) is 20.8 Å². The molecule has 0 aromatic rings. The van der Waals surface area contributed by atoms with E-state index in [4.69, 9.17) is 18.9 Å². The molecule has 14 atom stereocenters. The van der Waals surface area contributed by atoms with Crippen molar-refractivity contribution in [2.45, 2.75) is 149 Å². The van der Waals surface area contributed by atoms with Gasteiger partial charge in [-0.3, -0.25) is 4.90 Å². The molecule has 0 aromatic carbocycles. The van der Waals surface area contributed by atoms with Crippen molar-refractivity contribution in [3.63, 3.8) is 0 Å². The molecule has 0 amide bonds. The van der Waals surface area contributed by atoms with Gasteiger partial charge in [0, 0.05) is 31.7 Å². The van der Waals surface area contributed by atoms with Crippen molar-refractivity contribution in [2.75, 3.05) is 39.5 Å². The maximum Gasteiger partial charge on any atom is 0.170 e. The summed E-state index contributed by atoms with van der Waals surface area (Å²) in [6.07, 6.45) is 7.77. The molecule has 1 unspecified atom stereocenters. The zero-order chi connectivity index (χ0) is 33.1. The van der Waals surface area contributed by atoms with E-state index in [1.165, 1.54) is 32.1 Å².